The number of aliphatic imine (C=N–C) groups is 1. The van der Waals surface area contributed by atoms with Crippen LogP contribution >= 0.6 is 0 Å². The molecule has 1 heterocycles. The summed E-state index contributed by atoms with van der Waals surface area (Å²) in [7, 11) is 0. The highest BCUT2D eigenvalue weighted by atomic mass is 16.3. The van der Waals surface area contributed by atoms with Crippen molar-refractivity contribution in [3.63, 3.8) is 0 Å². The van der Waals surface area contributed by atoms with Gasteiger partial charge in [-0.25, -0.2) is 4.79 Å². The first kappa shape index (κ1) is 12.2. The number of hydrogen-bond donors (Lipinski definition) is 4. The van der Waals surface area contributed by atoms with E-state index in [0.717, 1.165) is 6.21 Å². The predicted octanol–water partition coefficient (Wildman–Crippen LogP) is -1.04. The second-order valence-corrected chi connectivity index (χ2v) is 3.90. The number of aliphatic hydroxyl groups is 1. The molecule has 0 amide bonds. The second-order valence-electron chi connectivity index (χ2n) is 3.90. The van der Waals surface area contributed by atoms with Gasteiger partial charge in [-0.05, 0) is 13.8 Å². The van der Waals surface area contributed by atoms with Gasteiger partial charge in [0.05, 0.1) is 12.1 Å². The molecule has 0 bridgehead atoms. The number of aliphatic hydroxyl groups excluding tert-OH is 1. The summed E-state index contributed by atoms with van der Waals surface area (Å²) in [5, 5.41) is 18.2. The third-order valence-electron chi connectivity index (χ3n) is 1.89. The summed E-state index contributed by atoms with van der Waals surface area (Å²) in [6.07, 6.45) is 1.11. The van der Waals surface area contributed by atoms with Crippen molar-refractivity contribution in [2.45, 2.75) is 19.4 Å². The lowest BCUT2D eigenvalue weighted by Crippen LogP contribution is -2.26. The zero-order valence-electron chi connectivity index (χ0n) is 8.94. The summed E-state index contributed by atoms with van der Waals surface area (Å²) in [4.78, 5) is 29.9. The molecule has 88 valence electrons. The number of H-pyrrole nitrogens is 2. The van der Waals surface area contributed by atoms with E-state index in [2.05, 4.69) is 4.99 Å². The third-order valence-corrected chi connectivity index (χ3v) is 1.89. The van der Waals surface area contributed by atoms with Gasteiger partial charge in [0.15, 0.2) is 0 Å². The summed E-state index contributed by atoms with van der Waals surface area (Å²) in [6, 6.07) is 0. The van der Waals surface area contributed by atoms with Crippen molar-refractivity contribution in [3.05, 3.63) is 26.4 Å². The van der Waals surface area contributed by atoms with E-state index in [1.807, 2.05) is 9.97 Å². The maximum absolute atomic E-state index is 11.3. The zero-order chi connectivity index (χ0) is 12.3. The quantitative estimate of drug-likeness (QED) is 0.493. The molecule has 7 heteroatoms. The van der Waals surface area contributed by atoms with Crippen LogP contribution in [-0.2, 0) is 0 Å². The Bertz CT molecular complexity index is 512. The molecule has 0 fully saturated rings. The second kappa shape index (κ2) is 4.31. The molecule has 1 aromatic heterocycles. The Morgan fingerprint density at radius 1 is 1.38 bits per heavy atom. The molecule has 0 aromatic carbocycles. The van der Waals surface area contributed by atoms with Gasteiger partial charge in [0.25, 0.3) is 5.56 Å². The summed E-state index contributed by atoms with van der Waals surface area (Å²) >= 11 is 0. The highest BCUT2D eigenvalue weighted by Gasteiger charge is 2.14. The first-order valence-electron chi connectivity index (χ1n) is 4.57. The molecule has 1 aromatic rings. The Morgan fingerprint density at radius 3 is 2.50 bits per heavy atom. The molecule has 0 aliphatic heterocycles. The molecule has 0 spiro atoms. The number of aromatic hydroxyl groups is 1. The van der Waals surface area contributed by atoms with E-state index >= 15 is 0 Å². The van der Waals surface area contributed by atoms with Gasteiger partial charge in [0, 0.05) is 6.21 Å². The predicted molar refractivity (Wildman–Crippen MR) is 58.1 cm³/mol. The summed E-state index contributed by atoms with van der Waals surface area (Å²) in [5.41, 5.74) is -2.43. The molecule has 0 aliphatic rings. The van der Waals surface area contributed by atoms with Gasteiger partial charge in [0.1, 0.15) is 5.56 Å². The topological polar surface area (TPSA) is 119 Å². The maximum Gasteiger partial charge on any atom is 0.328 e. The number of nitrogens with one attached hydrogen (secondary N) is 2. The van der Waals surface area contributed by atoms with Crippen LogP contribution in [0.2, 0.25) is 0 Å². The third kappa shape index (κ3) is 2.80. The molecular formula is C9H13N3O4. The van der Waals surface area contributed by atoms with Gasteiger partial charge >= 0.3 is 5.69 Å². The molecule has 0 aliphatic carbocycles. The van der Waals surface area contributed by atoms with Crippen LogP contribution in [0.5, 0.6) is 5.88 Å². The van der Waals surface area contributed by atoms with E-state index in [1.165, 1.54) is 0 Å². The van der Waals surface area contributed by atoms with Crippen LogP contribution < -0.4 is 11.2 Å². The van der Waals surface area contributed by atoms with Crippen LogP contribution in [0, 0.1) is 0 Å². The fraction of sp³-hybridized carbons (Fsp3) is 0.444. The van der Waals surface area contributed by atoms with E-state index in [9.17, 15) is 14.7 Å². The molecule has 0 unspecified atom stereocenters. The normalized spacial score (nSPS) is 12.2. The fourth-order valence-corrected chi connectivity index (χ4v) is 0.884. The smallest absolute Gasteiger partial charge is 0.328 e. The summed E-state index contributed by atoms with van der Waals surface area (Å²) in [5.74, 6) is -0.550. The molecule has 4 N–H and O–H groups in total. The Kier molecular flexibility index (Phi) is 3.28. The minimum absolute atomic E-state index is 0.152. The van der Waals surface area contributed by atoms with E-state index in [-0.39, 0.29) is 12.2 Å². The van der Waals surface area contributed by atoms with Crippen molar-refractivity contribution in [2.24, 2.45) is 4.99 Å². The molecule has 0 saturated carbocycles. The Hall–Kier alpha value is -1.89. The first-order valence-corrected chi connectivity index (χ1v) is 4.57. The zero-order valence-corrected chi connectivity index (χ0v) is 8.94. The SMILES string of the molecule is CC(C)(CO)N=Cc1c(O)[nH]c(=O)[nH]c1=O. The Balaban J connectivity index is 3.17. The van der Waals surface area contributed by atoms with Crippen LogP contribution in [0.15, 0.2) is 14.6 Å². The number of aromatic nitrogens is 2. The van der Waals surface area contributed by atoms with Gasteiger partial charge < -0.3 is 10.2 Å². The lowest BCUT2D eigenvalue weighted by molar-refractivity contribution is 0.223. The monoisotopic (exact) mass is 227 g/mol. The first-order chi connectivity index (χ1) is 7.35. The number of rotatable bonds is 3. The van der Waals surface area contributed by atoms with Crippen molar-refractivity contribution in [1.29, 1.82) is 0 Å². The largest absolute Gasteiger partial charge is 0.494 e. The van der Waals surface area contributed by atoms with Crippen molar-refractivity contribution in [3.8, 4) is 5.88 Å². The van der Waals surface area contributed by atoms with Crippen molar-refractivity contribution < 1.29 is 10.2 Å². The van der Waals surface area contributed by atoms with Crippen molar-refractivity contribution in [2.75, 3.05) is 6.61 Å². The number of aromatic amines is 2. The van der Waals surface area contributed by atoms with Crippen LogP contribution in [0.25, 0.3) is 0 Å². The molecule has 7 nitrogen and oxygen atoms in total. The molecule has 0 atom stereocenters. The Morgan fingerprint density at radius 2 is 2.00 bits per heavy atom. The van der Waals surface area contributed by atoms with E-state index in [0.29, 0.717) is 0 Å². The van der Waals surface area contributed by atoms with Crippen LogP contribution in [0.3, 0.4) is 0 Å². The molecule has 1 rings (SSSR count). The van der Waals surface area contributed by atoms with Crippen LogP contribution in [-0.4, -0.2) is 38.5 Å². The number of hydrogen-bond acceptors (Lipinski definition) is 5. The summed E-state index contributed by atoms with van der Waals surface area (Å²) in [6.45, 7) is 3.10. The lowest BCUT2D eigenvalue weighted by atomic mass is 10.1. The highest BCUT2D eigenvalue weighted by Crippen LogP contribution is 2.08. The fourth-order valence-electron chi connectivity index (χ4n) is 0.884. The molecule has 0 radical (unpaired) electrons. The van der Waals surface area contributed by atoms with Crippen molar-refractivity contribution >= 4 is 6.21 Å². The van der Waals surface area contributed by atoms with Crippen LogP contribution in [0.4, 0.5) is 0 Å². The van der Waals surface area contributed by atoms with Crippen molar-refractivity contribution in [1.82, 2.24) is 9.97 Å². The average molecular weight is 227 g/mol. The summed E-state index contributed by atoms with van der Waals surface area (Å²) < 4.78 is 0. The van der Waals surface area contributed by atoms with Crippen LogP contribution in [0.1, 0.15) is 19.4 Å². The standard InChI is InChI=1S/C9H13N3O4/c1-9(2,4-13)10-3-5-6(14)11-8(16)12-7(5)15/h3,13H,4H2,1-2H3,(H3,11,12,14,15,16). The Labute approximate surface area is 90.5 Å². The van der Waals surface area contributed by atoms with Gasteiger partial charge in [-0.1, -0.05) is 0 Å². The van der Waals surface area contributed by atoms with Gasteiger partial charge in [-0.2, -0.15) is 0 Å². The lowest BCUT2D eigenvalue weighted by Gasteiger charge is -2.14. The molecule has 0 saturated heterocycles. The van der Waals surface area contributed by atoms with Gasteiger partial charge in [-0.3, -0.25) is 19.8 Å². The van der Waals surface area contributed by atoms with E-state index in [4.69, 9.17) is 5.11 Å². The average Bonchev–Trinajstić information content (AvgIpc) is 2.16. The van der Waals surface area contributed by atoms with E-state index in [1.54, 1.807) is 13.8 Å². The maximum atomic E-state index is 11.3. The minimum Gasteiger partial charge on any atom is -0.494 e. The molecule has 16 heavy (non-hydrogen) atoms. The van der Waals surface area contributed by atoms with E-state index < -0.39 is 22.7 Å². The number of nitrogens with zero attached hydrogens (tertiary/aromatic N) is 1. The van der Waals surface area contributed by atoms with Gasteiger partial charge in [0.2, 0.25) is 5.88 Å². The molecular weight excluding hydrogens is 214 g/mol. The minimum atomic E-state index is -0.791. The van der Waals surface area contributed by atoms with Gasteiger partial charge in [-0.15, -0.1) is 0 Å². The highest BCUT2D eigenvalue weighted by molar-refractivity contribution is 5.82.